The molecule has 0 spiro atoms. The second-order valence-corrected chi connectivity index (χ2v) is 14.5. The Hall–Kier alpha value is -7.63. The van der Waals surface area contributed by atoms with Gasteiger partial charge in [-0.05, 0) is 81.6 Å². The van der Waals surface area contributed by atoms with Crippen molar-refractivity contribution in [2.45, 2.75) is 0 Å². The molecule has 1 N–H and O–H groups in total. The molecule has 0 radical (unpaired) electrons. The van der Waals surface area contributed by atoms with Crippen LogP contribution in [0.3, 0.4) is 0 Å². The van der Waals surface area contributed by atoms with E-state index in [1.54, 1.807) is 0 Å². The molecule has 5 heteroatoms. The summed E-state index contributed by atoms with van der Waals surface area (Å²) in [5.41, 5.74) is 13.2. The molecule has 0 saturated carbocycles. The van der Waals surface area contributed by atoms with Gasteiger partial charge in [0.1, 0.15) is 0 Å². The number of anilines is 1. The van der Waals surface area contributed by atoms with E-state index < -0.39 is 0 Å². The lowest BCUT2D eigenvalue weighted by Gasteiger charge is -2.20. The van der Waals surface area contributed by atoms with Crippen molar-refractivity contribution in [2.24, 2.45) is 0 Å². The molecule has 10 aromatic rings. The zero-order chi connectivity index (χ0) is 37.7. The average molecular weight is 730 g/mol. The molecule has 0 saturated heterocycles. The highest BCUT2D eigenvalue weighted by atomic mass is 15.0. The number of aromatic nitrogens is 4. The predicted octanol–water partition coefficient (Wildman–Crippen LogP) is 12.9. The Bertz CT molecular complexity index is 3110. The third kappa shape index (κ3) is 5.76. The summed E-state index contributed by atoms with van der Waals surface area (Å²) in [6, 6.07) is 64.3. The molecule has 3 heterocycles. The largest absolute Gasteiger partial charge is 0.381 e. The summed E-state index contributed by atoms with van der Waals surface area (Å²) in [4.78, 5) is 15.0. The Labute approximate surface area is 330 Å². The molecule has 1 aliphatic heterocycles. The van der Waals surface area contributed by atoms with Crippen LogP contribution in [0.5, 0.6) is 0 Å². The van der Waals surface area contributed by atoms with Crippen molar-refractivity contribution in [3.8, 4) is 62.1 Å². The van der Waals surface area contributed by atoms with Crippen molar-refractivity contribution < 1.29 is 0 Å². The van der Waals surface area contributed by atoms with Gasteiger partial charge in [0.15, 0.2) is 17.5 Å². The first-order valence-electron chi connectivity index (χ1n) is 19.3. The van der Waals surface area contributed by atoms with Gasteiger partial charge in [-0.1, -0.05) is 146 Å². The molecule has 268 valence electrons. The van der Waals surface area contributed by atoms with E-state index in [0.717, 1.165) is 62.4 Å². The SMILES string of the molecule is C1=Cc2cc(-c3cccc(-c4nc(-c5ccccc5)nc(-c5ccccc5)n4)c3)cc(-c3ccc4c(c3)c3c5ccccc5ccc3n4-c3ccccc3)c2NC1. The molecule has 0 amide bonds. The molecular weight excluding hydrogens is 695 g/mol. The van der Waals surface area contributed by atoms with Crippen LogP contribution in [-0.4, -0.2) is 26.1 Å². The maximum atomic E-state index is 5.02. The minimum atomic E-state index is 0.636. The molecule has 0 fully saturated rings. The summed E-state index contributed by atoms with van der Waals surface area (Å²) < 4.78 is 2.40. The molecule has 1 aliphatic rings. The van der Waals surface area contributed by atoms with Gasteiger partial charge in [0, 0.05) is 50.9 Å². The zero-order valence-electron chi connectivity index (χ0n) is 31.0. The number of para-hydroxylation sites is 1. The Morgan fingerprint density at radius 3 is 1.82 bits per heavy atom. The Morgan fingerprint density at radius 1 is 0.439 bits per heavy atom. The zero-order valence-corrected chi connectivity index (χ0v) is 31.0. The molecule has 5 nitrogen and oxygen atoms in total. The molecule has 0 bridgehead atoms. The Balaban J connectivity index is 1.08. The van der Waals surface area contributed by atoms with E-state index in [9.17, 15) is 0 Å². The van der Waals surface area contributed by atoms with Crippen molar-refractivity contribution in [3.05, 3.63) is 194 Å². The summed E-state index contributed by atoms with van der Waals surface area (Å²) in [5, 5.41) is 8.70. The molecule has 11 rings (SSSR count). The highest BCUT2D eigenvalue weighted by molar-refractivity contribution is 6.22. The van der Waals surface area contributed by atoms with Gasteiger partial charge in [0.05, 0.1) is 11.0 Å². The van der Waals surface area contributed by atoms with E-state index in [2.05, 4.69) is 143 Å². The van der Waals surface area contributed by atoms with E-state index >= 15 is 0 Å². The topological polar surface area (TPSA) is 55.6 Å². The lowest BCUT2D eigenvalue weighted by Crippen LogP contribution is -2.06. The fourth-order valence-corrected chi connectivity index (χ4v) is 8.32. The molecule has 0 aliphatic carbocycles. The number of hydrogen-bond acceptors (Lipinski definition) is 4. The molecule has 0 atom stereocenters. The number of rotatable bonds is 6. The summed E-state index contributed by atoms with van der Waals surface area (Å²) in [6.07, 6.45) is 4.43. The minimum absolute atomic E-state index is 0.636. The number of hydrogen-bond donors (Lipinski definition) is 1. The molecular formula is C52H35N5. The van der Waals surface area contributed by atoms with E-state index in [4.69, 9.17) is 15.0 Å². The highest BCUT2D eigenvalue weighted by Crippen LogP contribution is 2.43. The molecule has 0 unspecified atom stereocenters. The van der Waals surface area contributed by atoms with Crippen molar-refractivity contribution >= 4 is 44.3 Å². The molecule has 8 aromatic carbocycles. The first-order chi connectivity index (χ1) is 28.2. The third-order valence-corrected chi connectivity index (χ3v) is 11.0. The summed E-state index contributed by atoms with van der Waals surface area (Å²) >= 11 is 0. The van der Waals surface area contributed by atoms with Gasteiger partial charge in [-0.2, -0.15) is 0 Å². The van der Waals surface area contributed by atoms with Crippen LogP contribution in [0.15, 0.2) is 188 Å². The summed E-state index contributed by atoms with van der Waals surface area (Å²) in [7, 11) is 0. The van der Waals surface area contributed by atoms with Crippen molar-refractivity contribution in [1.29, 1.82) is 0 Å². The maximum absolute atomic E-state index is 5.02. The standard InChI is InChI=1S/C52H35N5/c1-4-15-35(16-5-1)50-54-51(36-17-6-2-7-18-36)56-52(55-50)40-20-12-19-37(30-40)41-31-39-21-13-29-53-49(39)44(33-41)38-26-27-46-45(32-38)48-43-24-11-10-14-34(43)25-28-47(48)57(46)42-22-8-3-9-23-42/h1-28,30-33,53H,29H2. The fraction of sp³-hybridized carbons (Fsp3) is 0.0192. The average Bonchev–Trinajstić information content (AvgIpc) is 3.63. The van der Waals surface area contributed by atoms with Gasteiger partial charge in [-0.25, -0.2) is 15.0 Å². The molecule has 2 aromatic heterocycles. The highest BCUT2D eigenvalue weighted by Gasteiger charge is 2.20. The van der Waals surface area contributed by atoms with Crippen LogP contribution >= 0.6 is 0 Å². The van der Waals surface area contributed by atoms with Gasteiger partial charge in [0.2, 0.25) is 0 Å². The van der Waals surface area contributed by atoms with E-state index in [-0.39, 0.29) is 0 Å². The quantitative estimate of drug-likeness (QED) is 0.185. The van der Waals surface area contributed by atoms with Gasteiger partial charge < -0.3 is 9.88 Å². The number of fused-ring (bicyclic) bond motifs is 6. The van der Waals surface area contributed by atoms with E-state index in [1.807, 2.05) is 60.7 Å². The van der Waals surface area contributed by atoms with E-state index in [0.29, 0.717) is 17.5 Å². The summed E-state index contributed by atoms with van der Waals surface area (Å²) in [5.74, 6) is 1.93. The normalized spacial score (nSPS) is 12.2. The van der Waals surface area contributed by atoms with Gasteiger partial charge >= 0.3 is 0 Å². The fourth-order valence-electron chi connectivity index (χ4n) is 8.32. The summed E-state index contributed by atoms with van der Waals surface area (Å²) in [6.45, 7) is 0.780. The van der Waals surface area contributed by atoms with Crippen LogP contribution in [-0.2, 0) is 0 Å². The monoisotopic (exact) mass is 729 g/mol. The lowest BCUT2D eigenvalue weighted by atomic mass is 9.91. The van der Waals surface area contributed by atoms with Crippen LogP contribution < -0.4 is 5.32 Å². The smallest absolute Gasteiger partial charge is 0.164 e. The van der Waals surface area contributed by atoms with Crippen molar-refractivity contribution in [3.63, 3.8) is 0 Å². The van der Waals surface area contributed by atoms with Crippen LogP contribution in [0.2, 0.25) is 0 Å². The Morgan fingerprint density at radius 2 is 1.07 bits per heavy atom. The van der Waals surface area contributed by atoms with Crippen LogP contribution in [0, 0.1) is 0 Å². The first kappa shape index (κ1) is 32.8. The minimum Gasteiger partial charge on any atom is -0.381 e. The van der Waals surface area contributed by atoms with Gasteiger partial charge in [-0.3, -0.25) is 0 Å². The van der Waals surface area contributed by atoms with Gasteiger partial charge in [-0.15, -0.1) is 0 Å². The van der Waals surface area contributed by atoms with E-state index in [1.165, 1.54) is 32.6 Å². The number of nitrogens with zero attached hydrogens (tertiary/aromatic N) is 4. The second-order valence-electron chi connectivity index (χ2n) is 14.5. The van der Waals surface area contributed by atoms with Crippen LogP contribution in [0.1, 0.15) is 5.56 Å². The lowest BCUT2D eigenvalue weighted by molar-refractivity contribution is 1.07. The van der Waals surface area contributed by atoms with Crippen LogP contribution in [0.4, 0.5) is 5.69 Å². The molecule has 57 heavy (non-hydrogen) atoms. The van der Waals surface area contributed by atoms with Gasteiger partial charge in [0.25, 0.3) is 0 Å². The number of benzene rings is 8. The Kier molecular flexibility index (Phi) is 7.81. The second kappa shape index (κ2) is 13.6. The van der Waals surface area contributed by atoms with Crippen LogP contribution in [0.25, 0.3) is 101 Å². The first-order valence-corrected chi connectivity index (χ1v) is 19.3. The maximum Gasteiger partial charge on any atom is 0.164 e. The predicted molar refractivity (Wildman–Crippen MR) is 236 cm³/mol. The number of nitrogens with one attached hydrogen (secondary N) is 1. The third-order valence-electron chi connectivity index (χ3n) is 11.0. The van der Waals surface area contributed by atoms with Crippen molar-refractivity contribution in [1.82, 2.24) is 19.5 Å². The van der Waals surface area contributed by atoms with Crippen molar-refractivity contribution in [2.75, 3.05) is 11.9 Å².